The van der Waals surface area contributed by atoms with Gasteiger partial charge in [0.05, 0.1) is 0 Å². The molecule has 1 aromatic rings. The number of hydrogen-bond acceptors (Lipinski definition) is 4. The molecule has 1 amide bonds. The fraction of sp³-hybridized carbons (Fsp3) is 0.357. The van der Waals surface area contributed by atoms with Gasteiger partial charge in [-0.3, -0.25) is 4.79 Å². The Kier molecular flexibility index (Phi) is 4.79. The normalized spacial score (nSPS) is 17.6. The van der Waals surface area contributed by atoms with E-state index in [2.05, 4.69) is 17.2 Å². The summed E-state index contributed by atoms with van der Waals surface area (Å²) in [5.41, 5.74) is 1.74. The van der Waals surface area contributed by atoms with Gasteiger partial charge in [-0.2, -0.15) is 0 Å². The van der Waals surface area contributed by atoms with Gasteiger partial charge in [0.1, 0.15) is 0 Å². The summed E-state index contributed by atoms with van der Waals surface area (Å²) in [6.45, 7) is 2.11. The van der Waals surface area contributed by atoms with E-state index in [1.54, 1.807) is 12.1 Å². The molecule has 0 aromatic heterocycles. The first-order valence-electron chi connectivity index (χ1n) is 6.44. The minimum Gasteiger partial charge on any atom is -0.480 e. The van der Waals surface area contributed by atoms with E-state index in [-0.39, 0.29) is 5.91 Å². The molecule has 5 nitrogen and oxygen atoms in total. The van der Waals surface area contributed by atoms with Gasteiger partial charge in [0.25, 0.3) is 5.91 Å². The molecule has 1 aliphatic heterocycles. The molecular formula is C14H16N2O3S. The highest BCUT2D eigenvalue weighted by Crippen LogP contribution is 2.17. The van der Waals surface area contributed by atoms with Crippen LogP contribution in [0.3, 0.4) is 0 Å². The number of amidine groups is 1. The molecular weight excluding hydrogens is 276 g/mol. The summed E-state index contributed by atoms with van der Waals surface area (Å²) in [5.74, 6) is -0.864. The standard InChI is InChI=1S/C14H16N2O3S/c1-2-3-9-4-6-10(7-5-9)12(17)16-14-15-11(8-20-14)13(18)19/h4-7,11H,2-3,8H2,1H3,(H,18,19)(H,15,16,17). The first kappa shape index (κ1) is 14.6. The van der Waals surface area contributed by atoms with E-state index in [1.807, 2.05) is 12.1 Å². The smallest absolute Gasteiger partial charge is 0.329 e. The summed E-state index contributed by atoms with van der Waals surface area (Å²) in [7, 11) is 0. The lowest BCUT2D eigenvalue weighted by Crippen LogP contribution is -2.27. The molecule has 1 atom stereocenters. The molecule has 106 valence electrons. The monoisotopic (exact) mass is 292 g/mol. The van der Waals surface area contributed by atoms with Gasteiger partial charge in [0.2, 0.25) is 0 Å². The fourth-order valence-corrected chi connectivity index (χ4v) is 2.75. The Morgan fingerprint density at radius 2 is 2.10 bits per heavy atom. The van der Waals surface area contributed by atoms with Crippen molar-refractivity contribution in [2.45, 2.75) is 25.8 Å². The SMILES string of the molecule is CCCc1ccc(C(=O)NC2=NC(C(=O)O)CS2)cc1. The van der Waals surface area contributed by atoms with Crippen LogP contribution in [0.5, 0.6) is 0 Å². The van der Waals surface area contributed by atoms with Crippen molar-refractivity contribution >= 4 is 28.8 Å². The van der Waals surface area contributed by atoms with Crippen molar-refractivity contribution in [2.24, 2.45) is 4.99 Å². The number of rotatable bonds is 4. The molecule has 0 radical (unpaired) electrons. The third-order valence-electron chi connectivity index (χ3n) is 2.91. The van der Waals surface area contributed by atoms with E-state index in [0.717, 1.165) is 12.8 Å². The predicted octanol–water partition coefficient (Wildman–Crippen LogP) is 1.92. The zero-order valence-corrected chi connectivity index (χ0v) is 11.9. The molecule has 20 heavy (non-hydrogen) atoms. The van der Waals surface area contributed by atoms with E-state index in [4.69, 9.17) is 5.11 Å². The summed E-state index contributed by atoms with van der Waals surface area (Å²) in [5, 5.41) is 11.8. The number of amides is 1. The van der Waals surface area contributed by atoms with Crippen molar-refractivity contribution in [1.82, 2.24) is 5.32 Å². The number of carboxylic acid groups (broad SMARTS) is 1. The number of aryl methyl sites for hydroxylation is 1. The number of aliphatic imine (C=N–C) groups is 1. The molecule has 0 bridgehead atoms. The molecule has 0 spiro atoms. The largest absolute Gasteiger partial charge is 0.480 e. The van der Waals surface area contributed by atoms with Gasteiger partial charge in [0, 0.05) is 11.3 Å². The Labute approximate surface area is 121 Å². The maximum atomic E-state index is 12.0. The molecule has 0 saturated heterocycles. The Bertz CT molecular complexity index is 540. The highest BCUT2D eigenvalue weighted by molar-refractivity contribution is 8.14. The summed E-state index contributed by atoms with van der Waals surface area (Å²) in [6.07, 6.45) is 2.06. The maximum Gasteiger partial charge on any atom is 0.329 e. The summed E-state index contributed by atoms with van der Waals surface area (Å²) in [6, 6.07) is 6.65. The van der Waals surface area contributed by atoms with Crippen molar-refractivity contribution in [3.8, 4) is 0 Å². The van der Waals surface area contributed by atoms with Crippen LogP contribution in [0.1, 0.15) is 29.3 Å². The number of aliphatic carboxylic acids is 1. The zero-order chi connectivity index (χ0) is 14.5. The Morgan fingerprint density at radius 1 is 1.40 bits per heavy atom. The van der Waals surface area contributed by atoms with Crippen LogP contribution in [0.25, 0.3) is 0 Å². The molecule has 2 rings (SSSR count). The minimum atomic E-state index is -0.967. The topological polar surface area (TPSA) is 78.8 Å². The van der Waals surface area contributed by atoms with Gasteiger partial charge in [-0.25, -0.2) is 9.79 Å². The van der Waals surface area contributed by atoms with Gasteiger partial charge in [-0.05, 0) is 24.1 Å². The van der Waals surface area contributed by atoms with Crippen molar-refractivity contribution in [3.05, 3.63) is 35.4 Å². The molecule has 6 heteroatoms. The van der Waals surface area contributed by atoms with Crippen molar-refractivity contribution in [3.63, 3.8) is 0 Å². The lowest BCUT2D eigenvalue weighted by atomic mass is 10.1. The minimum absolute atomic E-state index is 0.259. The van der Waals surface area contributed by atoms with Gasteiger partial charge in [-0.1, -0.05) is 37.2 Å². The number of nitrogens with one attached hydrogen (secondary N) is 1. The molecule has 1 unspecified atom stereocenters. The fourth-order valence-electron chi connectivity index (χ4n) is 1.85. The second-order valence-electron chi connectivity index (χ2n) is 4.50. The quantitative estimate of drug-likeness (QED) is 0.888. The van der Waals surface area contributed by atoms with Crippen LogP contribution in [0.4, 0.5) is 0 Å². The average molecular weight is 292 g/mol. The van der Waals surface area contributed by atoms with Gasteiger partial charge in [-0.15, -0.1) is 0 Å². The van der Waals surface area contributed by atoms with Gasteiger partial charge < -0.3 is 10.4 Å². The number of thioether (sulfide) groups is 1. The van der Waals surface area contributed by atoms with E-state index in [0.29, 0.717) is 16.5 Å². The van der Waals surface area contributed by atoms with Crippen molar-refractivity contribution in [2.75, 3.05) is 5.75 Å². The first-order valence-corrected chi connectivity index (χ1v) is 7.42. The van der Waals surface area contributed by atoms with E-state index >= 15 is 0 Å². The number of carbonyl (C=O) groups excluding carboxylic acids is 1. The molecule has 2 N–H and O–H groups in total. The number of carbonyl (C=O) groups is 2. The third kappa shape index (κ3) is 3.60. The van der Waals surface area contributed by atoms with Crippen LogP contribution in [0.15, 0.2) is 29.3 Å². The van der Waals surface area contributed by atoms with Crippen LogP contribution in [-0.4, -0.2) is 33.9 Å². The second-order valence-corrected chi connectivity index (χ2v) is 5.51. The maximum absolute atomic E-state index is 12.0. The Morgan fingerprint density at radius 3 is 2.65 bits per heavy atom. The van der Waals surface area contributed by atoms with Gasteiger partial charge in [0.15, 0.2) is 11.2 Å². The lowest BCUT2D eigenvalue weighted by molar-refractivity contribution is -0.137. The van der Waals surface area contributed by atoms with Crippen LogP contribution >= 0.6 is 11.8 Å². The van der Waals surface area contributed by atoms with Gasteiger partial charge >= 0.3 is 5.97 Å². The Hall–Kier alpha value is -1.82. The molecule has 1 aromatic carbocycles. The summed E-state index contributed by atoms with van der Waals surface area (Å²) in [4.78, 5) is 26.7. The number of hydrogen-bond donors (Lipinski definition) is 2. The highest BCUT2D eigenvalue weighted by atomic mass is 32.2. The number of benzene rings is 1. The summed E-state index contributed by atoms with van der Waals surface area (Å²) >= 11 is 1.25. The summed E-state index contributed by atoms with van der Waals surface area (Å²) < 4.78 is 0. The zero-order valence-electron chi connectivity index (χ0n) is 11.1. The first-order chi connectivity index (χ1) is 9.60. The molecule has 0 aliphatic carbocycles. The van der Waals surface area contributed by atoms with Crippen LogP contribution in [-0.2, 0) is 11.2 Å². The van der Waals surface area contributed by atoms with Crippen LogP contribution in [0.2, 0.25) is 0 Å². The van der Waals surface area contributed by atoms with E-state index in [9.17, 15) is 9.59 Å². The van der Waals surface area contributed by atoms with E-state index in [1.165, 1.54) is 17.3 Å². The molecule has 0 fully saturated rings. The number of nitrogens with zero attached hydrogens (tertiary/aromatic N) is 1. The average Bonchev–Trinajstić information content (AvgIpc) is 2.88. The molecule has 1 heterocycles. The molecule has 1 aliphatic rings. The molecule has 0 saturated carbocycles. The van der Waals surface area contributed by atoms with Crippen molar-refractivity contribution < 1.29 is 14.7 Å². The lowest BCUT2D eigenvalue weighted by Gasteiger charge is -2.05. The third-order valence-corrected chi connectivity index (χ3v) is 3.87. The predicted molar refractivity (Wildman–Crippen MR) is 79.2 cm³/mol. The highest BCUT2D eigenvalue weighted by Gasteiger charge is 2.25. The second kappa shape index (κ2) is 6.56. The van der Waals surface area contributed by atoms with E-state index < -0.39 is 12.0 Å². The van der Waals surface area contributed by atoms with Crippen LogP contribution in [0, 0.1) is 0 Å². The van der Waals surface area contributed by atoms with Crippen molar-refractivity contribution in [1.29, 1.82) is 0 Å². The Balaban J connectivity index is 1.98. The number of carboxylic acids is 1. The van der Waals surface area contributed by atoms with Crippen LogP contribution < -0.4 is 5.32 Å².